The van der Waals surface area contributed by atoms with Crippen LogP contribution in [0.5, 0.6) is 0 Å². The van der Waals surface area contributed by atoms with Crippen molar-refractivity contribution in [2.75, 3.05) is 10.6 Å². The van der Waals surface area contributed by atoms with E-state index in [-0.39, 0.29) is 10.7 Å². The largest absolute Gasteiger partial charge is 0.449 e. The van der Waals surface area contributed by atoms with E-state index in [1.165, 1.54) is 25.3 Å². The van der Waals surface area contributed by atoms with Crippen molar-refractivity contribution in [3.05, 3.63) is 53.3 Å². The topological polar surface area (TPSA) is 107 Å². The van der Waals surface area contributed by atoms with Crippen LogP contribution < -0.4 is 10.6 Å². The number of nitrogens with one attached hydrogen (secondary N) is 2. The van der Waals surface area contributed by atoms with Gasteiger partial charge >= 0.3 is 12.1 Å². The van der Waals surface area contributed by atoms with Crippen LogP contribution in [0.4, 0.5) is 16.2 Å². The zero-order valence-corrected chi connectivity index (χ0v) is 17.2. The number of amides is 2. The zero-order valence-electron chi connectivity index (χ0n) is 16.5. The fourth-order valence-electron chi connectivity index (χ4n) is 2.14. The summed E-state index contributed by atoms with van der Waals surface area (Å²) >= 11 is 5.90. The molecule has 0 saturated carbocycles. The van der Waals surface area contributed by atoms with Crippen LogP contribution in [0, 0.1) is 0 Å². The van der Waals surface area contributed by atoms with Crippen molar-refractivity contribution in [3.63, 3.8) is 0 Å². The number of benzene rings is 1. The van der Waals surface area contributed by atoms with Gasteiger partial charge in [-0.05, 0) is 58.0 Å². The SMILES string of the molecule is C[C@H](OC(=O)c1cccc(NC(=O)OC(C)(C)C)c1)C(=O)Nc1cccnc1Cl. The lowest BCUT2D eigenvalue weighted by Crippen LogP contribution is -2.30. The molecule has 29 heavy (non-hydrogen) atoms. The number of esters is 1. The number of halogens is 1. The average molecular weight is 420 g/mol. The maximum Gasteiger partial charge on any atom is 0.412 e. The summed E-state index contributed by atoms with van der Waals surface area (Å²) in [6.07, 6.45) is -0.245. The Kier molecular flexibility index (Phi) is 7.17. The zero-order chi connectivity index (χ0) is 21.6. The highest BCUT2D eigenvalue weighted by atomic mass is 35.5. The van der Waals surface area contributed by atoms with Crippen LogP contribution >= 0.6 is 11.6 Å². The van der Waals surface area contributed by atoms with Gasteiger partial charge in [0.2, 0.25) is 0 Å². The number of anilines is 2. The third-order valence-corrected chi connectivity index (χ3v) is 3.71. The number of aromatic nitrogens is 1. The fourth-order valence-corrected chi connectivity index (χ4v) is 2.31. The van der Waals surface area contributed by atoms with Crippen molar-refractivity contribution in [2.45, 2.75) is 39.4 Å². The highest BCUT2D eigenvalue weighted by Crippen LogP contribution is 2.19. The van der Waals surface area contributed by atoms with E-state index in [4.69, 9.17) is 21.1 Å². The molecular weight excluding hydrogens is 398 g/mol. The van der Waals surface area contributed by atoms with Crippen molar-refractivity contribution < 1.29 is 23.9 Å². The monoisotopic (exact) mass is 419 g/mol. The first-order chi connectivity index (χ1) is 13.5. The number of ether oxygens (including phenoxy) is 2. The summed E-state index contributed by atoms with van der Waals surface area (Å²) in [5.41, 5.74) is 0.178. The van der Waals surface area contributed by atoms with Gasteiger partial charge in [-0.2, -0.15) is 0 Å². The highest BCUT2D eigenvalue weighted by molar-refractivity contribution is 6.32. The molecule has 1 atom stereocenters. The first-order valence-electron chi connectivity index (χ1n) is 8.77. The molecule has 0 unspecified atom stereocenters. The standard InChI is InChI=1S/C20H22ClN3O5/c1-12(17(25)24-15-9-6-10-22-16(15)21)28-18(26)13-7-5-8-14(11-13)23-19(27)29-20(2,3)4/h5-12H,1-4H3,(H,23,27)(H,24,25)/t12-/m0/s1. The Balaban J connectivity index is 1.98. The molecule has 1 aromatic carbocycles. The van der Waals surface area contributed by atoms with E-state index in [0.717, 1.165) is 0 Å². The number of carbonyl (C=O) groups is 3. The van der Waals surface area contributed by atoms with Crippen LogP contribution in [-0.4, -0.2) is 34.7 Å². The van der Waals surface area contributed by atoms with Gasteiger partial charge in [0.15, 0.2) is 11.3 Å². The van der Waals surface area contributed by atoms with Crippen LogP contribution in [0.2, 0.25) is 5.15 Å². The van der Waals surface area contributed by atoms with E-state index < -0.39 is 29.7 Å². The van der Waals surface area contributed by atoms with Crippen molar-refractivity contribution in [3.8, 4) is 0 Å². The Morgan fingerprint density at radius 3 is 2.48 bits per heavy atom. The molecule has 1 heterocycles. The molecule has 1 aromatic heterocycles. The van der Waals surface area contributed by atoms with E-state index in [2.05, 4.69) is 15.6 Å². The first-order valence-corrected chi connectivity index (χ1v) is 9.15. The quantitative estimate of drug-likeness (QED) is 0.553. The Hall–Kier alpha value is -3.13. The average Bonchev–Trinajstić information content (AvgIpc) is 2.62. The van der Waals surface area contributed by atoms with E-state index in [1.807, 2.05) is 0 Å². The molecule has 0 radical (unpaired) electrons. The van der Waals surface area contributed by atoms with Gasteiger partial charge in [0.1, 0.15) is 5.60 Å². The highest BCUT2D eigenvalue weighted by Gasteiger charge is 2.21. The maximum absolute atomic E-state index is 12.4. The Bertz CT molecular complexity index is 911. The van der Waals surface area contributed by atoms with Gasteiger partial charge in [0, 0.05) is 11.9 Å². The molecule has 8 nitrogen and oxygen atoms in total. The predicted molar refractivity (Wildman–Crippen MR) is 109 cm³/mol. The molecule has 2 aromatic rings. The number of carbonyl (C=O) groups excluding carboxylic acids is 3. The molecule has 154 valence electrons. The summed E-state index contributed by atoms with van der Waals surface area (Å²) in [4.78, 5) is 40.3. The number of pyridine rings is 1. The minimum atomic E-state index is -1.08. The molecule has 2 N–H and O–H groups in total. The molecule has 0 aliphatic rings. The number of hydrogen-bond acceptors (Lipinski definition) is 6. The molecule has 0 spiro atoms. The van der Waals surface area contributed by atoms with E-state index in [1.54, 1.807) is 45.0 Å². The second-order valence-corrected chi connectivity index (χ2v) is 7.44. The lowest BCUT2D eigenvalue weighted by atomic mass is 10.2. The van der Waals surface area contributed by atoms with E-state index in [9.17, 15) is 14.4 Å². The van der Waals surface area contributed by atoms with E-state index in [0.29, 0.717) is 11.4 Å². The van der Waals surface area contributed by atoms with Crippen LogP contribution in [-0.2, 0) is 14.3 Å². The van der Waals surface area contributed by atoms with Gasteiger partial charge < -0.3 is 14.8 Å². The van der Waals surface area contributed by atoms with Gasteiger partial charge in [-0.25, -0.2) is 14.6 Å². The molecule has 0 bridgehead atoms. The summed E-state index contributed by atoms with van der Waals surface area (Å²) < 4.78 is 10.4. The number of rotatable bonds is 5. The van der Waals surface area contributed by atoms with Crippen molar-refractivity contribution >= 4 is 40.9 Å². The third kappa shape index (κ3) is 7.08. The molecule has 9 heteroatoms. The van der Waals surface area contributed by atoms with Crippen LogP contribution in [0.15, 0.2) is 42.6 Å². The summed E-state index contributed by atoms with van der Waals surface area (Å²) in [6.45, 7) is 6.66. The number of hydrogen-bond donors (Lipinski definition) is 2. The Morgan fingerprint density at radius 2 is 1.83 bits per heavy atom. The van der Waals surface area contributed by atoms with Gasteiger partial charge in [0.25, 0.3) is 5.91 Å². The molecule has 0 saturated heterocycles. The molecular formula is C20H22ClN3O5. The first kappa shape index (κ1) is 22.2. The fraction of sp³-hybridized carbons (Fsp3) is 0.300. The lowest BCUT2D eigenvalue weighted by molar-refractivity contribution is -0.123. The molecule has 0 fully saturated rings. The molecule has 2 amide bonds. The van der Waals surface area contributed by atoms with Gasteiger partial charge in [-0.1, -0.05) is 17.7 Å². The molecule has 0 aliphatic heterocycles. The van der Waals surface area contributed by atoms with Crippen molar-refractivity contribution in [1.29, 1.82) is 0 Å². The lowest BCUT2D eigenvalue weighted by Gasteiger charge is -2.19. The van der Waals surface area contributed by atoms with Crippen molar-refractivity contribution in [1.82, 2.24) is 4.98 Å². The molecule has 0 aliphatic carbocycles. The van der Waals surface area contributed by atoms with Gasteiger partial charge in [-0.15, -0.1) is 0 Å². The van der Waals surface area contributed by atoms with Crippen LogP contribution in [0.25, 0.3) is 0 Å². The van der Waals surface area contributed by atoms with Crippen LogP contribution in [0.1, 0.15) is 38.1 Å². The normalized spacial score (nSPS) is 11.9. The summed E-state index contributed by atoms with van der Waals surface area (Å²) in [6, 6.07) is 9.29. The smallest absolute Gasteiger partial charge is 0.412 e. The van der Waals surface area contributed by atoms with Gasteiger partial charge in [0.05, 0.1) is 11.3 Å². The maximum atomic E-state index is 12.4. The minimum Gasteiger partial charge on any atom is -0.449 e. The predicted octanol–water partition coefficient (Wildman–Crippen LogP) is 4.27. The number of nitrogens with zero attached hydrogens (tertiary/aromatic N) is 1. The van der Waals surface area contributed by atoms with Crippen LogP contribution in [0.3, 0.4) is 0 Å². The second-order valence-electron chi connectivity index (χ2n) is 7.09. The summed E-state index contributed by atoms with van der Waals surface area (Å²) in [5, 5.41) is 5.21. The summed E-state index contributed by atoms with van der Waals surface area (Å²) in [7, 11) is 0. The second kappa shape index (κ2) is 9.38. The Labute approximate surface area is 173 Å². The van der Waals surface area contributed by atoms with Gasteiger partial charge in [-0.3, -0.25) is 10.1 Å². The minimum absolute atomic E-state index is 0.125. The molecule has 2 rings (SSSR count). The Morgan fingerprint density at radius 1 is 1.10 bits per heavy atom. The third-order valence-electron chi connectivity index (χ3n) is 3.41. The summed E-state index contributed by atoms with van der Waals surface area (Å²) in [5.74, 6) is -1.28. The van der Waals surface area contributed by atoms with E-state index >= 15 is 0 Å². The van der Waals surface area contributed by atoms with Crippen molar-refractivity contribution in [2.24, 2.45) is 0 Å².